The van der Waals surface area contributed by atoms with E-state index in [-0.39, 0.29) is 17.8 Å². The van der Waals surface area contributed by atoms with Gasteiger partial charge in [0.1, 0.15) is 5.60 Å². The quantitative estimate of drug-likeness (QED) is 0.539. The lowest BCUT2D eigenvalue weighted by Gasteiger charge is -2.28. The van der Waals surface area contributed by atoms with Crippen LogP contribution in [0.25, 0.3) is 0 Å². The first kappa shape index (κ1) is 15.9. The number of esters is 1. The zero-order valence-electron chi connectivity index (χ0n) is 11.4. The molecule has 19 heavy (non-hydrogen) atoms. The van der Waals surface area contributed by atoms with Gasteiger partial charge in [-0.2, -0.15) is 13.2 Å². The Balaban J connectivity index is 2.45. The number of ether oxygens (including phenoxy) is 1. The molecule has 2 nitrogen and oxygen atoms in total. The van der Waals surface area contributed by atoms with Gasteiger partial charge >= 0.3 is 12.1 Å². The van der Waals surface area contributed by atoms with Crippen molar-refractivity contribution in [2.24, 2.45) is 11.8 Å². The van der Waals surface area contributed by atoms with E-state index in [9.17, 15) is 18.0 Å². The minimum Gasteiger partial charge on any atom is -0.460 e. The molecular formula is C14H19F3O2. The van der Waals surface area contributed by atoms with Gasteiger partial charge in [0.2, 0.25) is 0 Å². The Labute approximate surface area is 111 Å². The third kappa shape index (κ3) is 6.51. The highest BCUT2D eigenvalue weighted by molar-refractivity contribution is 5.73. The second-order valence-corrected chi connectivity index (χ2v) is 5.85. The lowest BCUT2D eigenvalue weighted by Crippen LogP contribution is -2.30. The molecule has 108 valence electrons. The Morgan fingerprint density at radius 2 is 1.63 bits per heavy atom. The summed E-state index contributed by atoms with van der Waals surface area (Å²) in [6.45, 7) is 5.39. The zero-order valence-corrected chi connectivity index (χ0v) is 11.4. The molecule has 0 aliphatic heterocycles. The number of alkyl halides is 3. The van der Waals surface area contributed by atoms with Crippen LogP contribution in [0.5, 0.6) is 0 Å². The summed E-state index contributed by atoms with van der Waals surface area (Å²) in [4.78, 5) is 11.8. The average Bonchev–Trinajstić information content (AvgIpc) is 2.23. The first-order valence-electron chi connectivity index (χ1n) is 6.39. The number of halogens is 3. The van der Waals surface area contributed by atoms with Crippen molar-refractivity contribution in [2.45, 2.75) is 58.2 Å². The molecule has 1 saturated carbocycles. The summed E-state index contributed by atoms with van der Waals surface area (Å²) in [5.41, 5.74) is -0.524. The van der Waals surface area contributed by atoms with Crippen LogP contribution in [0.15, 0.2) is 0 Å². The first-order valence-corrected chi connectivity index (χ1v) is 6.39. The van der Waals surface area contributed by atoms with Gasteiger partial charge in [-0.1, -0.05) is 5.92 Å². The summed E-state index contributed by atoms with van der Waals surface area (Å²) in [6.07, 6.45) is -2.29. The van der Waals surface area contributed by atoms with Crippen LogP contribution in [-0.4, -0.2) is 17.7 Å². The lowest BCUT2D eigenvalue weighted by atomic mass is 9.82. The molecule has 0 bridgehead atoms. The van der Waals surface area contributed by atoms with Crippen LogP contribution < -0.4 is 0 Å². The van der Waals surface area contributed by atoms with Gasteiger partial charge < -0.3 is 4.74 Å². The molecule has 0 heterocycles. The maximum atomic E-state index is 12.0. The summed E-state index contributed by atoms with van der Waals surface area (Å²) >= 11 is 0. The van der Waals surface area contributed by atoms with E-state index < -0.39 is 11.8 Å². The van der Waals surface area contributed by atoms with Crippen molar-refractivity contribution in [2.75, 3.05) is 0 Å². The van der Waals surface area contributed by atoms with E-state index in [0.29, 0.717) is 25.7 Å². The molecule has 0 unspecified atom stereocenters. The minimum absolute atomic E-state index is 0.205. The van der Waals surface area contributed by atoms with E-state index in [1.54, 1.807) is 20.8 Å². The van der Waals surface area contributed by atoms with Crippen LogP contribution in [0, 0.1) is 23.7 Å². The highest BCUT2D eigenvalue weighted by Gasteiger charge is 2.30. The Kier molecular flexibility index (Phi) is 4.89. The number of rotatable bonds is 1. The topological polar surface area (TPSA) is 26.3 Å². The molecular weight excluding hydrogens is 257 g/mol. The van der Waals surface area contributed by atoms with E-state index in [1.807, 2.05) is 0 Å². The van der Waals surface area contributed by atoms with Crippen molar-refractivity contribution < 1.29 is 22.7 Å². The van der Waals surface area contributed by atoms with Gasteiger partial charge in [0.25, 0.3) is 0 Å². The SMILES string of the molecule is CC(C)(C)OC(=O)[C@H]1CC[C@H](C#CC(F)(F)F)CC1. The van der Waals surface area contributed by atoms with Gasteiger partial charge in [-0.15, -0.1) is 0 Å². The fourth-order valence-electron chi connectivity index (χ4n) is 2.04. The number of hydrogen-bond acceptors (Lipinski definition) is 2. The van der Waals surface area contributed by atoms with Crippen LogP contribution in [-0.2, 0) is 9.53 Å². The van der Waals surface area contributed by atoms with Crippen molar-refractivity contribution >= 4 is 5.97 Å². The fourth-order valence-corrected chi connectivity index (χ4v) is 2.04. The molecule has 1 aliphatic rings. The first-order chi connectivity index (χ1) is 8.57. The number of carbonyl (C=O) groups excluding carboxylic acids is 1. The van der Waals surface area contributed by atoms with Crippen LogP contribution in [0.4, 0.5) is 13.2 Å². The molecule has 0 aromatic carbocycles. The summed E-state index contributed by atoms with van der Waals surface area (Å²) in [5.74, 6) is 2.83. The molecule has 1 rings (SSSR count). The maximum Gasteiger partial charge on any atom is 0.457 e. The largest absolute Gasteiger partial charge is 0.460 e. The smallest absolute Gasteiger partial charge is 0.457 e. The summed E-state index contributed by atoms with van der Waals surface area (Å²) in [7, 11) is 0. The van der Waals surface area contributed by atoms with E-state index in [2.05, 4.69) is 5.92 Å². The number of hydrogen-bond donors (Lipinski definition) is 0. The van der Waals surface area contributed by atoms with Crippen molar-refractivity contribution in [3.05, 3.63) is 0 Å². The predicted octanol–water partition coefficient (Wildman–Crippen LogP) is 3.70. The second kappa shape index (κ2) is 5.85. The van der Waals surface area contributed by atoms with Gasteiger partial charge in [-0.25, -0.2) is 0 Å². The van der Waals surface area contributed by atoms with Gasteiger partial charge in [-0.3, -0.25) is 4.79 Å². The molecule has 0 radical (unpaired) electrons. The molecule has 1 aliphatic carbocycles. The molecule has 0 saturated heterocycles. The van der Waals surface area contributed by atoms with Crippen molar-refractivity contribution in [1.29, 1.82) is 0 Å². The van der Waals surface area contributed by atoms with Gasteiger partial charge in [0.15, 0.2) is 0 Å². The average molecular weight is 276 g/mol. The molecule has 0 aromatic rings. The lowest BCUT2D eigenvalue weighted by molar-refractivity contribution is -0.161. The summed E-state index contributed by atoms with van der Waals surface area (Å²) in [5, 5.41) is 0. The normalized spacial score (nSPS) is 24.3. The van der Waals surface area contributed by atoms with Crippen molar-refractivity contribution in [3.8, 4) is 11.8 Å². The summed E-state index contributed by atoms with van der Waals surface area (Å²) in [6, 6.07) is 0. The van der Waals surface area contributed by atoms with Gasteiger partial charge in [-0.05, 0) is 46.5 Å². The van der Waals surface area contributed by atoms with E-state index >= 15 is 0 Å². The Hall–Kier alpha value is -1.18. The standard InChI is InChI=1S/C14H19F3O2/c1-13(2,3)19-12(18)11-6-4-10(5-7-11)8-9-14(15,16)17/h10-11H,4-7H2,1-3H3/t10-,11-. The summed E-state index contributed by atoms with van der Waals surface area (Å²) < 4.78 is 41.1. The van der Waals surface area contributed by atoms with Crippen LogP contribution in [0.1, 0.15) is 46.5 Å². The molecule has 1 fully saturated rings. The van der Waals surface area contributed by atoms with Crippen molar-refractivity contribution in [3.63, 3.8) is 0 Å². The monoisotopic (exact) mass is 276 g/mol. The highest BCUT2D eigenvalue weighted by atomic mass is 19.4. The molecule has 0 spiro atoms. The van der Waals surface area contributed by atoms with E-state index in [1.165, 1.54) is 5.92 Å². The van der Waals surface area contributed by atoms with Crippen LogP contribution in [0.3, 0.4) is 0 Å². The Morgan fingerprint density at radius 3 is 2.05 bits per heavy atom. The molecule has 0 N–H and O–H groups in total. The third-order valence-electron chi connectivity index (χ3n) is 2.89. The molecule has 5 heteroatoms. The Morgan fingerprint density at radius 1 is 1.11 bits per heavy atom. The molecule has 0 atom stereocenters. The fraction of sp³-hybridized carbons (Fsp3) is 0.786. The minimum atomic E-state index is -4.43. The van der Waals surface area contributed by atoms with Crippen LogP contribution in [0.2, 0.25) is 0 Å². The molecule has 0 amide bonds. The van der Waals surface area contributed by atoms with E-state index in [4.69, 9.17) is 4.74 Å². The van der Waals surface area contributed by atoms with E-state index in [0.717, 1.165) is 0 Å². The number of carbonyl (C=O) groups is 1. The maximum absolute atomic E-state index is 12.0. The van der Waals surface area contributed by atoms with Gasteiger partial charge in [0.05, 0.1) is 5.92 Å². The Bertz CT molecular complexity index is 374. The van der Waals surface area contributed by atoms with Gasteiger partial charge in [0, 0.05) is 11.8 Å². The van der Waals surface area contributed by atoms with Crippen LogP contribution >= 0.6 is 0 Å². The van der Waals surface area contributed by atoms with Crippen molar-refractivity contribution in [1.82, 2.24) is 0 Å². The highest BCUT2D eigenvalue weighted by Crippen LogP contribution is 2.30. The zero-order chi connectivity index (χ0) is 14.7. The second-order valence-electron chi connectivity index (χ2n) is 5.85. The molecule has 0 aromatic heterocycles. The predicted molar refractivity (Wildman–Crippen MR) is 65.1 cm³/mol. The third-order valence-corrected chi connectivity index (χ3v) is 2.89.